The number of aromatic nitrogens is 3. The van der Waals surface area contributed by atoms with E-state index < -0.39 is 0 Å². The molecule has 0 saturated heterocycles. The van der Waals surface area contributed by atoms with Crippen molar-refractivity contribution >= 4 is 40.1 Å². The molecule has 2 aromatic carbocycles. The molecule has 7 heteroatoms. The van der Waals surface area contributed by atoms with Crippen LogP contribution in [0.1, 0.15) is 11.1 Å². The highest BCUT2D eigenvalue weighted by Crippen LogP contribution is 2.39. The molecule has 3 aromatic rings. The van der Waals surface area contributed by atoms with E-state index in [-0.39, 0.29) is 5.95 Å². The lowest BCUT2D eigenvalue weighted by molar-refractivity contribution is 0.103. The Labute approximate surface area is 142 Å². The van der Waals surface area contributed by atoms with Crippen molar-refractivity contribution in [1.29, 1.82) is 0 Å². The van der Waals surface area contributed by atoms with Crippen molar-refractivity contribution in [3.05, 3.63) is 40.4 Å². The molecule has 0 saturated carbocycles. The molecule has 0 atom stereocenters. The summed E-state index contributed by atoms with van der Waals surface area (Å²) in [5, 5.41) is 3.36. The van der Waals surface area contributed by atoms with E-state index in [0.717, 1.165) is 22.1 Å². The van der Waals surface area contributed by atoms with Crippen molar-refractivity contribution in [2.45, 2.75) is 18.4 Å². The van der Waals surface area contributed by atoms with Crippen LogP contribution >= 0.6 is 23.4 Å². The van der Waals surface area contributed by atoms with Crippen LogP contribution in [0, 0.1) is 0 Å². The van der Waals surface area contributed by atoms with Crippen LogP contribution in [-0.4, -0.2) is 21.2 Å². The molecule has 1 aliphatic heterocycles. The Kier molecular flexibility index (Phi) is 3.60. The summed E-state index contributed by atoms with van der Waals surface area (Å²) in [7, 11) is 0. The Morgan fingerprint density at radius 2 is 2.00 bits per heavy atom. The van der Waals surface area contributed by atoms with E-state index in [1.165, 1.54) is 17.1 Å². The zero-order valence-electron chi connectivity index (χ0n) is 12.3. The van der Waals surface area contributed by atoms with Crippen molar-refractivity contribution in [2.24, 2.45) is 0 Å². The summed E-state index contributed by atoms with van der Waals surface area (Å²) in [6.07, 6.45) is 1.90. The van der Waals surface area contributed by atoms with E-state index in [4.69, 9.17) is 22.1 Å². The first-order valence-electron chi connectivity index (χ1n) is 7.04. The highest BCUT2D eigenvalue weighted by atomic mass is 35.5. The molecule has 2 N–H and O–H groups in total. The van der Waals surface area contributed by atoms with Crippen molar-refractivity contribution in [2.75, 3.05) is 12.0 Å². The molecule has 4 rings (SSSR count). The van der Waals surface area contributed by atoms with E-state index in [1.807, 2.05) is 24.5 Å². The van der Waals surface area contributed by atoms with Crippen LogP contribution in [-0.2, 0) is 18.0 Å². The van der Waals surface area contributed by atoms with Gasteiger partial charge in [0.15, 0.2) is 11.0 Å². The first-order chi connectivity index (χ1) is 11.2. The molecule has 116 valence electrons. The highest BCUT2D eigenvalue weighted by Gasteiger charge is 2.20. The summed E-state index contributed by atoms with van der Waals surface area (Å²) in [5.74, 6) is 0.696. The molecule has 0 amide bonds. The van der Waals surface area contributed by atoms with Gasteiger partial charge in [0, 0.05) is 5.56 Å². The van der Waals surface area contributed by atoms with Gasteiger partial charge in [0.25, 0.3) is 0 Å². The summed E-state index contributed by atoms with van der Waals surface area (Å²) in [5.41, 5.74) is 8.85. The van der Waals surface area contributed by atoms with Gasteiger partial charge in [0.2, 0.25) is 5.95 Å². The van der Waals surface area contributed by atoms with Crippen molar-refractivity contribution < 1.29 is 4.74 Å². The molecule has 1 aliphatic rings. The summed E-state index contributed by atoms with van der Waals surface area (Å²) in [6.45, 7) is 1.16. The van der Waals surface area contributed by atoms with Crippen LogP contribution in [0.3, 0.4) is 0 Å². The fourth-order valence-electron chi connectivity index (χ4n) is 2.92. The molecule has 0 radical (unpaired) electrons. The number of hydrogen-bond acceptors (Lipinski definition) is 6. The quantitative estimate of drug-likeness (QED) is 0.715. The third kappa shape index (κ3) is 2.43. The number of nitrogens with zero attached hydrogens (tertiary/aromatic N) is 3. The lowest BCUT2D eigenvalue weighted by Crippen LogP contribution is -2.06. The Bertz CT molecular complexity index is 932. The van der Waals surface area contributed by atoms with E-state index in [2.05, 4.69) is 21.0 Å². The van der Waals surface area contributed by atoms with Crippen LogP contribution in [0.5, 0.6) is 0 Å². The lowest BCUT2D eigenvalue weighted by Gasteiger charge is -2.20. The minimum atomic E-state index is 0.194. The lowest BCUT2D eigenvalue weighted by atomic mass is 9.94. The Hall–Kier alpha value is -1.89. The third-order valence-electron chi connectivity index (χ3n) is 3.83. The SMILES string of the molecule is CSc1nc(N)nc(-c2c(Cl)cc3c4c(cccc24)COC3)n1. The van der Waals surface area contributed by atoms with Crippen LogP contribution in [0.25, 0.3) is 22.2 Å². The number of nitrogen functional groups attached to an aromatic ring is 1. The highest BCUT2D eigenvalue weighted by molar-refractivity contribution is 7.98. The predicted octanol–water partition coefficient (Wildman–Crippen LogP) is 3.68. The van der Waals surface area contributed by atoms with Crippen LogP contribution < -0.4 is 5.73 Å². The zero-order chi connectivity index (χ0) is 16.0. The van der Waals surface area contributed by atoms with Gasteiger partial charge in [-0.1, -0.05) is 41.6 Å². The van der Waals surface area contributed by atoms with Gasteiger partial charge in [-0.3, -0.25) is 0 Å². The third-order valence-corrected chi connectivity index (χ3v) is 4.68. The number of benzene rings is 2. The maximum absolute atomic E-state index is 6.54. The number of anilines is 1. The molecule has 0 aliphatic carbocycles. The van der Waals surface area contributed by atoms with Crippen molar-refractivity contribution in [1.82, 2.24) is 15.0 Å². The fraction of sp³-hybridized carbons (Fsp3) is 0.188. The minimum Gasteiger partial charge on any atom is -0.372 e. The zero-order valence-corrected chi connectivity index (χ0v) is 13.9. The number of nitrogens with two attached hydrogens (primary N) is 1. The molecule has 23 heavy (non-hydrogen) atoms. The number of halogens is 1. The molecule has 0 fully saturated rings. The van der Waals surface area contributed by atoms with Gasteiger partial charge in [-0.05, 0) is 34.2 Å². The second-order valence-electron chi connectivity index (χ2n) is 5.23. The van der Waals surface area contributed by atoms with Gasteiger partial charge < -0.3 is 10.5 Å². The number of hydrogen-bond donors (Lipinski definition) is 1. The average molecular weight is 345 g/mol. The van der Waals surface area contributed by atoms with Crippen molar-refractivity contribution in [3.63, 3.8) is 0 Å². The summed E-state index contributed by atoms with van der Waals surface area (Å²) < 4.78 is 5.62. The van der Waals surface area contributed by atoms with Crippen LogP contribution in [0.15, 0.2) is 29.4 Å². The van der Waals surface area contributed by atoms with Crippen LogP contribution in [0.4, 0.5) is 5.95 Å². The van der Waals surface area contributed by atoms with E-state index >= 15 is 0 Å². The Morgan fingerprint density at radius 3 is 2.83 bits per heavy atom. The van der Waals surface area contributed by atoms with E-state index in [9.17, 15) is 0 Å². The summed E-state index contributed by atoms with van der Waals surface area (Å²) >= 11 is 7.96. The Balaban J connectivity index is 2.07. The molecular weight excluding hydrogens is 332 g/mol. The average Bonchev–Trinajstić information content (AvgIpc) is 2.54. The monoisotopic (exact) mass is 344 g/mol. The molecule has 0 unspecified atom stereocenters. The second-order valence-corrected chi connectivity index (χ2v) is 6.41. The summed E-state index contributed by atoms with van der Waals surface area (Å²) in [4.78, 5) is 12.9. The maximum Gasteiger partial charge on any atom is 0.224 e. The smallest absolute Gasteiger partial charge is 0.224 e. The fourth-order valence-corrected chi connectivity index (χ4v) is 3.60. The van der Waals surface area contributed by atoms with Crippen molar-refractivity contribution in [3.8, 4) is 11.4 Å². The summed E-state index contributed by atoms with van der Waals surface area (Å²) in [6, 6.07) is 8.03. The second kappa shape index (κ2) is 5.63. The first kappa shape index (κ1) is 14.7. The number of ether oxygens (including phenoxy) is 1. The topological polar surface area (TPSA) is 73.9 Å². The van der Waals surface area contributed by atoms with Gasteiger partial charge in [0.05, 0.1) is 18.2 Å². The van der Waals surface area contributed by atoms with Gasteiger partial charge in [-0.15, -0.1) is 0 Å². The largest absolute Gasteiger partial charge is 0.372 e. The first-order valence-corrected chi connectivity index (χ1v) is 8.64. The van der Waals surface area contributed by atoms with Gasteiger partial charge in [0.1, 0.15) is 0 Å². The molecule has 1 aromatic heterocycles. The molecule has 0 spiro atoms. The minimum absolute atomic E-state index is 0.194. The molecular formula is C16H13ClN4OS. The Morgan fingerprint density at radius 1 is 1.17 bits per heavy atom. The molecule has 2 heterocycles. The van der Waals surface area contributed by atoms with Crippen LogP contribution in [0.2, 0.25) is 5.02 Å². The normalized spacial score (nSPS) is 13.5. The number of rotatable bonds is 2. The van der Waals surface area contributed by atoms with E-state index in [0.29, 0.717) is 29.2 Å². The molecule has 5 nitrogen and oxygen atoms in total. The number of thioether (sulfide) groups is 1. The van der Waals surface area contributed by atoms with Gasteiger partial charge in [-0.2, -0.15) is 9.97 Å². The predicted molar refractivity (Wildman–Crippen MR) is 92.5 cm³/mol. The standard InChI is InChI=1S/C16H13ClN4OS/c1-23-16-20-14(19-15(18)21-16)13-10-4-2-3-8-6-22-7-9(12(8)10)5-11(13)17/h2-5H,6-7H2,1H3,(H2,18,19,20,21). The van der Waals surface area contributed by atoms with Gasteiger partial charge >= 0.3 is 0 Å². The van der Waals surface area contributed by atoms with E-state index in [1.54, 1.807) is 0 Å². The van der Waals surface area contributed by atoms with Gasteiger partial charge in [-0.25, -0.2) is 4.98 Å². The maximum atomic E-state index is 6.54. The molecule has 0 bridgehead atoms.